The third-order valence-electron chi connectivity index (χ3n) is 5.93. The summed E-state index contributed by atoms with van der Waals surface area (Å²) < 4.78 is 2.96. The Hall–Kier alpha value is -3.34. The second-order valence-corrected chi connectivity index (χ2v) is 14.2. The standard InChI is InChI=1S/C18H15S.C12H10I.2C5H6.5CH3.Fe/c1-4-10-16(11-5-1)19(17-12-6-2-7-13-17)18-14-8-3-9-15-18;1-3-7-11(8-4-1)13-12-9-5-2-6-10-12;2*1-2-4-5-3-1;;;;;;/h1-15H;1-10H;2*1-4H,5H2;5*1H3;/q2*+1;;;5*-1;+3. The Labute approximate surface area is 318 Å². The molecule has 0 saturated carbocycles. The van der Waals surface area contributed by atoms with Gasteiger partial charge in [-0.2, -0.15) is 0 Å². The third-order valence-corrected chi connectivity index (χ3v) is 10.8. The molecule has 0 N–H and O–H groups in total. The van der Waals surface area contributed by atoms with Gasteiger partial charge >= 0.3 is 38.3 Å². The Morgan fingerprint density at radius 3 is 0.771 bits per heavy atom. The van der Waals surface area contributed by atoms with Gasteiger partial charge in [-0.3, -0.25) is 0 Å². The van der Waals surface area contributed by atoms with Gasteiger partial charge in [0.1, 0.15) is 0 Å². The number of benzene rings is 5. The fourth-order valence-electron chi connectivity index (χ4n) is 3.94. The van der Waals surface area contributed by atoms with E-state index in [1.54, 1.807) is 0 Å². The fraction of sp³-hybridized carbons (Fsp3) is 0.0444. The van der Waals surface area contributed by atoms with E-state index in [1.807, 2.05) is 0 Å². The molecule has 0 spiro atoms. The zero-order valence-electron chi connectivity index (χ0n) is 29.1. The van der Waals surface area contributed by atoms with Gasteiger partial charge in [0.25, 0.3) is 0 Å². The van der Waals surface area contributed by atoms with Crippen LogP contribution in [0.3, 0.4) is 0 Å². The van der Waals surface area contributed by atoms with Gasteiger partial charge in [-0.05, 0) is 73.5 Å². The molecule has 253 valence electrons. The van der Waals surface area contributed by atoms with Crippen LogP contribution in [-0.4, -0.2) is 0 Å². The molecule has 0 bridgehead atoms. The summed E-state index contributed by atoms with van der Waals surface area (Å²) in [6.07, 6.45) is 19.0. The van der Waals surface area contributed by atoms with Crippen molar-refractivity contribution < 1.29 is 38.3 Å². The molecule has 3 heteroatoms. The van der Waals surface area contributed by atoms with Gasteiger partial charge in [-0.15, -0.1) is 0 Å². The summed E-state index contributed by atoms with van der Waals surface area (Å²) in [4.78, 5) is 4.08. The predicted octanol–water partition coefficient (Wildman–Crippen LogP) is 9.85. The average molecular weight is 808 g/mol. The van der Waals surface area contributed by atoms with Crippen molar-refractivity contribution >= 4 is 10.9 Å². The second kappa shape index (κ2) is 31.0. The van der Waals surface area contributed by atoms with Crippen LogP contribution in [0.25, 0.3) is 0 Å². The van der Waals surface area contributed by atoms with Crippen LogP contribution in [0.1, 0.15) is 12.8 Å². The van der Waals surface area contributed by atoms with Crippen LogP contribution in [-0.2, 0) is 28.0 Å². The topological polar surface area (TPSA) is 0 Å². The van der Waals surface area contributed by atoms with Crippen LogP contribution in [0.2, 0.25) is 0 Å². The molecule has 7 rings (SSSR count). The summed E-state index contributed by atoms with van der Waals surface area (Å²) in [6.45, 7) is 0. The molecule has 0 saturated heterocycles. The predicted molar refractivity (Wildman–Crippen MR) is 210 cm³/mol. The van der Waals surface area contributed by atoms with Crippen LogP contribution in [0, 0.1) is 44.3 Å². The normalized spacial score (nSPS) is 10.5. The molecule has 0 aliphatic heterocycles. The van der Waals surface area contributed by atoms with E-state index in [1.165, 1.54) is 21.8 Å². The van der Waals surface area contributed by atoms with E-state index in [9.17, 15) is 0 Å². The Morgan fingerprint density at radius 1 is 0.333 bits per heavy atom. The number of hydrogen-bond acceptors (Lipinski definition) is 0. The quantitative estimate of drug-likeness (QED) is 0.0719. The molecule has 0 unspecified atom stereocenters. The van der Waals surface area contributed by atoms with Gasteiger partial charge in [-0.1, -0.05) is 140 Å². The molecule has 0 nitrogen and oxygen atoms in total. The summed E-state index contributed by atoms with van der Waals surface area (Å²) in [6, 6.07) is 53.6. The average Bonchev–Trinajstić information content (AvgIpc) is 3.85. The second-order valence-electron chi connectivity index (χ2n) is 9.11. The zero-order chi connectivity index (χ0) is 28.9. The Kier molecular flexibility index (Phi) is 31.6. The molecule has 1 radical (unpaired) electrons. The zero-order valence-corrected chi connectivity index (χ0v) is 33.2. The summed E-state index contributed by atoms with van der Waals surface area (Å²) in [5.41, 5.74) is 0. The maximum Gasteiger partial charge on any atom is 3.00 e. The van der Waals surface area contributed by atoms with Crippen LogP contribution in [0.4, 0.5) is 0 Å². The number of hydrogen-bond donors (Lipinski definition) is 0. The molecule has 0 aromatic heterocycles. The van der Waals surface area contributed by atoms with Gasteiger partial charge in [0.05, 0.1) is 10.9 Å². The Morgan fingerprint density at radius 2 is 0.562 bits per heavy atom. The summed E-state index contributed by atoms with van der Waals surface area (Å²) >= 11 is 0.0287. The van der Waals surface area contributed by atoms with E-state index in [-0.39, 0.29) is 86.3 Å². The molecule has 0 atom stereocenters. The minimum atomic E-state index is -0.0146. The molecular formula is C45H52FeIS. The van der Waals surface area contributed by atoms with Gasteiger partial charge in [0.15, 0.2) is 21.8 Å². The molecule has 5 aromatic carbocycles. The molecule has 2 aliphatic rings. The van der Waals surface area contributed by atoms with Crippen molar-refractivity contribution in [3.05, 3.63) is 245 Å². The SMILES string of the molecule is C1=CCC=C1.C1=CCC=C1.[CH3-].[CH3-].[CH3-].[CH3-].[CH3-].[Fe+3].c1ccc([I+]c2ccccc2)cc1.c1ccc([S+](c2ccccc2)c2ccccc2)cc1. The van der Waals surface area contributed by atoms with Crippen LogP contribution in [0.15, 0.2) is 215 Å². The fourth-order valence-corrected chi connectivity index (χ4v) is 8.32. The van der Waals surface area contributed by atoms with E-state index in [0.29, 0.717) is 0 Å². The summed E-state index contributed by atoms with van der Waals surface area (Å²) in [5.74, 6) is 0. The third kappa shape index (κ3) is 18.9. The van der Waals surface area contributed by atoms with Gasteiger partial charge in [-0.25, -0.2) is 0 Å². The molecule has 0 fully saturated rings. The smallest absolute Gasteiger partial charge is 0.358 e. The van der Waals surface area contributed by atoms with Crippen molar-refractivity contribution in [2.45, 2.75) is 27.5 Å². The van der Waals surface area contributed by atoms with Crippen LogP contribution in [0.5, 0.6) is 0 Å². The number of halogens is 1. The van der Waals surface area contributed by atoms with Crippen LogP contribution >= 0.6 is 0 Å². The number of rotatable bonds is 5. The van der Waals surface area contributed by atoms with Gasteiger partial charge < -0.3 is 37.1 Å². The largest absolute Gasteiger partial charge is 3.00 e. The maximum atomic E-state index is 2.21. The minimum Gasteiger partial charge on any atom is -0.358 e. The number of allylic oxidation sites excluding steroid dienone is 8. The summed E-state index contributed by atoms with van der Waals surface area (Å²) in [5, 5.41) is 0. The minimum absolute atomic E-state index is 0. The van der Waals surface area contributed by atoms with Crippen LogP contribution < -0.4 is 21.2 Å². The first-order chi connectivity index (χ1) is 20.9. The molecule has 2 aliphatic carbocycles. The summed E-state index contributed by atoms with van der Waals surface area (Å²) in [7, 11) is -0.0146. The van der Waals surface area contributed by atoms with Crippen molar-refractivity contribution in [3.63, 3.8) is 0 Å². The first-order valence-electron chi connectivity index (χ1n) is 14.2. The maximum absolute atomic E-state index is 2.21. The molecule has 5 aromatic rings. The van der Waals surface area contributed by atoms with Crippen molar-refractivity contribution in [1.82, 2.24) is 0 Å². The Bertz CT molecular complexity index is 1340. The van der Waals surface area contributed by atoms with Crippen molar-refractivity contribution in [3.8, 4) is 0 Å². The van der Waals surface area contributed by atoms with Gasteiger partial charge in [0, 0.05) is 0 Å². The van der Waals surface area contributed by atoms with E-state index < -0.39 is 0 Å². The van der Waals surface area contributed by atoms with E-state index in [2.05, 4.69) is 200 Å². The molecular weight excluding hydrogens is 755 g/mol. The monoisotopic (exact) mass is 807 g/mol. The van der Waals surface area contributed by atoms with E-state index in [0.717, 1.165) is 12.8 Å². The van der Waals surface area contributed by atoms with Crippen molar-refractivity contribution in [2.75, 3.05) is 0 Å². The Balaban J connectivity index is -0.000000611. The van der Waals surface area contributed by atoms with Crippen molar-refractivity contribution in [1.29, 1.82) is 0 Å². The van der Waals surface area contributed by atoms with E-state index >= 15 is 0 Å². The first kappa shape index (κ1) is 49.1. The molecule has 0 heterocycles. The molecule has 48 heavy (non-hydrogen) atoms. The van der Waals surface area contributed by atoms with Crippen molar-refractivity contribution in [2.24, 2.45) is 0 Å². The first-order valence-corrected chi connectivity index (χ1v) is 17.6. The van der Waals surface area contributed by atoms with E-state index in [4.69, 9.17) is 0 Å². The van der Waals surface area contributed by atoms with Gasteiger partial charge in [0.2, 0.25) is 0 Å². The molecule has 0 amide bonds.